The fourth-order valence-corrected chi connectivity index (χ4v) is 1.82. The molecule has 2 atom stereocenters. The second kappa shape index (κ2) is 6.50. The predicted molar refractivity (Wildman–Crippen MR) is 66.8 cm³/mol. The zero-order chi connectivity index (χ0) is 12.8. The largest absolute Gasteiger partial charge is 0.308 e. The van der Waals surface area contributed by atoms with E-state index in [1.807, 2.05) is 19.9 Å². The summed E-state index contributed by atoms with van der Waals surface area (Å²) in [5.41, 5.74) is 0.497. The molecule has 1 rings (SSSR count). The van der Waals surface area contributed by atoms with Gasteiger partial charge in [0.15, 0.2) is 0 Å². The number of rotatable bonds is 6. The Morgan fingerprint density at radius 1 is 1.35 bits per heavy atom. The van der Waals surface area contributed by atoms with Crippen molar-refractivity contribution >= 4 is 0 Å². The summed E-state index contributed by atoms with van der Waals surface area (Å²) in [7, 11) is 0. The molecule has 1 N–H and O–H groups in total. The molecule has 1 aromatic carbocycles. The van der Waals surface area contributed by atoms with E-state index >= 15 is 0 Å². The van der Waals surface area contributed by atoms with Crippen LogP contribution in [0, 0.1) is 11.6 Å². The normalized spacial score (nSPS) is 14.4. The fraction of sp³-hybridized carbons (Fsp3) is 0.429. The Balaban J connectivity index is 2.62. The third kappa shape index (κ3) is 4.27. The Labute approximate surface area is 102 Å². The highest BCUT2D eigenvalue weighted by atomic mass is 19.1. The molecule has 0 spiro atoms. The van der Waals surface area contributed by atoms with E-state index in [0.717, 1.165) is 18.9 Å². The molecule has 1 nitrogen and oxygen atoms in total. The van der Waals surface area contributed by atoms with Crippen LogP contribution in [0.1, 0.15) is 38.3 Å². The van der Waals surface area contributed by atoms with E-state index in [1.165, 1.54) is 12.1 Å². The molecule has 3 heteroatoms. The van der Waals surface area contributed by atoms with Crippen molar-refractivity contribution in [3.05, 3.63) is 48.1 Å². The van der Waals surface area contributed by atoms with E-state index in [2.05, 4.69) is 11.9 Å². The molecule has 1 aromatic rings. The predicted octanol–water partition coefficient (Wildman–Crippen LogP) is 3.97. The summed E-state index contributed by atoms with van der Waals surface area (Å²) in [5.74, 6) is -1.04. The summed E-state index contributed by atoms with van der Waals surface area (Å²) in [6, 6.07) is 3.83. The van der Waals surface area contributed by atoms with Gasteiger partial charge in [0.1, 0.15) is 11.6 Å². The highest BCUT2D eigenvalue weighted by Crippen LogP contribution is 2.18. The zero-order valence-electron chi connectivity index (χ0n) is 10.3. The number of nitrogens with one attached hydrogen (secondary N) is 1. The van der Waals surface area contributed by atoms with E-state index in [1.54, 1.807) is 0 Å². The second-order valence-electron chi connectivity index (χ2n) is 4.32. The topological polar surface area (TPSA) is 12.0 Å². The van der Waals surface area contributed by atoms with Gasteiger partial charge >= 0.3 is 0 Å². The molecule has 2 unspecified atom stereocenters. The van der Waals surface area contributed by atoms with Crippen LogP contribution in [0.4, 0.5) is 8.78 Å². The van der Waals surface area contributed by atoms with Crippen LogP contribution in [0.5, 0.6) is 0 Å². The standard InChI is InChI=1S/C14H19F2N/c1-4-5-6-10(2)17-11(3)13-8-7-12(15)9-14(13)16/h4,7-11,17H,1,5-6H2,2-3H3. The van der Waals surface area contributed by atoms with E-state index in [0.29, 0.717) is 5.56 Å². The lowest BCUT2D eigenvalue weighted by Crippen LogP contribution is -2.29. The molecule has 0 saturated carbocycles. The number of hydrogen-bond donors (Lipinski definition) is 1. The molecule has 0 amide bonds. The Morgan fingerprint density at radius 2 is 2.06 bits per heavy atom. The maximum absolute atomic E-state index is 13.5. The summed E-state index contributed by atoms with van der Waals surface area (Å²) >= 11 is 0. The molecule has 0 radical (unpaired) electrons. The van der Waals surface area contributed by atoms with Gasteiger partial charge in [-0.05, 0) is 32.8 Å². The van der Waals surface area contributed by atoms with Crippen molar-refractivity contribution in [2.24, 2.45) is 0 Å². The van der Waals surface area contributed by atoms with Crippen LogP contribution in [-0.4, -0.2) is 6.04 Å². The first-order valence-electron chi connectivity index (χ1n) is 5.86. The second-order valence-corrected chi connectivity index (χ2v) is 4.32. The van der Waals surface area contributed by atoms with Crippen molar-refractivity contribution in [2.45, 2.75) is 38.8 Å². The average molecular weight is 239 g/mol. The number of hydrogen-bond acceptors (Lipinski definition) is 1. The number of allylic oxidation sites excluding steroid dienone is 1. The summed E-state index contributed by atoms with van der Waals surface area (Å²) in [6.45, 7) is 7.58. The number of benzene rings is 1. The Morgan fingerprint density at radius 3 is 2.65 bits per heavy atom. The highest BCUT2D eigenvalue weighted by Gasteiger charge is 2.13. The van der Waals surface area contributed by atoms with Gasteiger partial charge in [-0.1, -0.05) is 12.1 Å². The first kappa shape index (κ1) is 13.8. The van der Waals surface area contributed by atoms with Crippen LogP contribution < -0.4 is 5.32 Å². The third-order valence-electron chi connectivity index (χ3n) is 2.77. The van der Waals surface area contributed by atoms with Crippen LogP contribution in [0.25, 0.3) is 0 Å². The Hall–Kier alpha value is -1.22. The van der Waals surface area contributed by atoms with Crippen LogP contribution in [0.15, 0.2) is 30.9 Å². The first-order chi connectivity index (χ1) is 8.04. The highest BCUT2D eigenvalue weighted by molar-refractivity contribution is 5.21. The minimum atomic E-state index is -0.543. The van der Waals surface area contributed by atoms with Gasteiger partial charge in [0, 0.05) is 23.7 Å². The molecule has 0 saturated heterocycles. The van der Waals surface area contributed by atoms with Crippen molar-refractivity contribution in [3.63, 3.8) is 0 Å². The van der Waals surface area contributed by atoms with Gasteiger partial charge in [0.25, 0.3) is 0 Å². The maximum Gasteiger partial charge on any atom is 0.130 e. The van der Waals surface area contributed by atoms with Crippen molar-refractivity contribution < 1.29 is 8.78 Å². The number of halogens is 2. The Kier molecular flexibility index (Phi) is 5.29. The minimum absolute atomic E-state index is 0.129. The third-order valence-corrected chi connectivity index (χ3v) is 2.77. The van der Waals surface area contributed by atoms with Gasteiger partial charge in [-0.25, -0.2) is 8.78 Å². The smallest absolute Gasteiger partial charge is 0.130 e. The lowest BCUT2D eigenvalue weighted by molar-refractivity contribution is 0.443. The SMILES string of the molecule is C=CCCC(C)NC(C)c1ccc(F)cc1F. The van der Waals surface area contributed by atoms with Crippen LogP contribution in [0.2, 0.25) is 0 Å². The first-order valence-corrected chi connectivity index (χ1v) is 5.86. The van der Waals surface area contributed by atoms with Crippen molar-refractivity contribution in [3.8, 4) is 0 Å². The lowest BCUT2D eigenvalue weighted by Gasteiger charge is -2.20. The van der Waals surface area contributed by atoms with Crippen molar-refractivity contribution in [1.82, 2.24) is 5.32 Å². The van der Waals surface area contributed by atoms with Gasteiger partial charge < -0.3 is 5.32 Å². The van der Waals surface area contributed by atoms with E-state index in [9.17, 15) is 8.78 Å². The van der Waals surface area contributed by atoms with Crippen molar-refractivity contribution in [1.29, 1.82) is 0 Å². The van der Waals surface area contributed by atoms with Gasteiger partial charge in [-0.15, -0.1) is 6.58 Å². The zero-order valence-corrected chi connectivity index (χ0v) is 10.3. The van der Waals surface area contributed by atoms with Gasteiger partial charge in [0.2, 0.25) is 0 Å². The molecular formula is C14H19F2N. The molecule has 17 heavy (non-hydrogen) atoms. The molecule has 0 aliphatic carbocycles. The van der Waals surface area contributed by atoms with E-state index < -0.39 is 11.6 Å². The summed E-state index contributed by atoms with van der Waals surface area (Å²) in [4.78, 5) is 0. The lowest BCUT2D eigenvalue weighted by atomic mass is 10.1. The molecule has 94 valence electrons. The summed E-state index contributed by atoms with van der Waals surface area (Å²) < 4.78 is 26.3. The molecule has 0 aromatic heterocycles. The Bertz CT molecular complexity index is 376. The average Bonchev–Trinajstić information content (AvgIpc) is 2.26. The minimum Gasteiger partial charge on any atom is -0.308 e. The summed E-state index contributed by atoms with van der Waals surface area (Å²) in [6.07, 6.45) is 3.74. The van der Waals surface area contributed by atoms with E-state index in [4.69, 9.17) is 0 Å². The monoisotopic (exact) mass is 239 g/mol. The van der Waals surface area contributed by atoms with Crippen LogP contribution >= 0.6 is 0 Å². The molecule has 0 fully saturated rings. The maximum atomic E-state index is 13.5. The van der Waals surface area contributed by atoms with Gasteiger partial charge in [-0.3, -0.25) is 0 Å². The molecule has 0 heterocycles. The van der Waals surface area contributed by atoms with Gasteiger partial charge in [0.05, 0.1) is 0 Å². The molecule has 0 aliphatic heterocycles. The fourth-order valence-electron chi connectivity index (χ4n) is 1.82. The molecule has 0 aliphatic rings. The van der Waals surface area contributed by atoms with Gasteiger partial charge in [-0.2, -0.15) is 0 Å². The summed E-state index contributed by atoms with van der Waals surface area (Å²) in [5, 5.41) is 3.28. The van der Waals surface area contributed by atoms with Crippen molar-refractivity contribution in [2.75, 3.05) is 0 Å². The quantitative estimate of drug-likeness (QED) is 0.741. The van der Waals surface area contributed by atoms with Crippen LogP contribution in [-0.2, 0) is 0 Å². The molecule has 0 bridgehead atoms. The van der Waals surface area contributed by atoms with E-state index in [-0.39, 0.29) is 12.1 Å². The molecular weight excluding hydrogens is 220 g/mol. The van der Waals surface area contributed by atoms with Crippen LogP contribution in [0.3, 0.4) is 0 Å².